The van der Waals surface area contributed by atoms with Crippen molar-refractivity contribution in [3.63, 3.8) is 0 Å². The van der Waals surface area contributed by atoms with Crippen molar-refractivity contribution >= 4 is 16.5 Å². The van der Waals surface area contributed by atoms with Crippen LogP contribution in [0.25, 0.3) is 10.8 Å². The van der Waals surface area contributed by atoms with Crippen molar-refractivity contribution in [3.8, 4) is 0 Å². The summed E-state index contributed by atoms with van der Waals surface area (Å²) >= 11 is 0. The average Bonchev–Trinajstić information content (AvgIpc) is 2.27. The van der Waals surface area contributed by atoms with Crippen LogP contribution in [0.5, 0.6) is 0 Å². The highest BCUT2D eigenvalue weighted by Crippen LogP contribution is 2.28. The van der Waals surface area contributed by atoms with Crippen molar-refractivity contribution in [1.82, 2.24) is 0 Å². The molecular formula is C11H9NO2. The largest absolute Gasteiger partial charge is 0.392 e. The van der Waals surface area contributed by atoms with Gasteiger partial charge in [-0.2, -0.15) is 0 Å². The Balaban J connectivity index is 2.88. The molecular weight excluding hydrogens is 178 g/mol. The van der Waals surface area contributed by atoms with Crippen LogP contribution in [0.3, 0.4) is 0 Å². The van der Waals surface area contributed by atoms with Gasteiger partial charge >= 0.3 is 0 Å². The highest BCUT2D eigenvalue weighted by atomic mass is 16.3. The number of benzene rings is 2. The van der Waals surface area contributed by atoms with E-state index >= 15 is 0 Å². The molecule has 3 heteroatoms. The summed E-state index contributed by atoms with van der Waals surface area (Å²) < 4.78 is 0. The number of aliphatic hydroxyl groups excluding tert-OH is 1. The molecule has 0 saturated carbocycles. The average molecular weight is 187 g/mol. The summed E-state index contributed by atoms with van der Waals surface area (Å²) in [5.74, 6) is 0. The Bertz CT molecular complexity index is 474. The number of nitrogens with zero attached hydrogens (tertiary/aromatic N) is 1. The van der Waals surface area contributed by atoms with Crippen LogP contribution in [-0.2, 0) is 6.61 Å². The fraction of sp³-hybridized carbons (Fsp3) is 0.0909. The first-order chi connectivity index (χ1) is 6.86. The first-order valence-electron chi connectivity index (χ1n) is 4.31. The Morgan fingerprint density at radius 3 is 2.50 bits per heavy atom. The molecule has 0 saturated heterocycles. The van der Waals surface area contributed by atoms with Crippen molar-refractivity contribution < 1.29 is 5.11 Å². The van der Waals surface area contributed by atoms with Gasteiger partial charge < -0.3 is 5.11 Å². The number of hydrogen-bond donors (Lipinski definition) is 1. The molecule has 1 N–H and O–H groups in total. The maximum Gasteiger partial charge on any atom is 0.116 e. The molecule has 2 aromatic rings. The van der Waals surface area contributed by atoms with Crippen LogP contribution in [0.2, 0.25) is 0 Å². The second-order valence-corrected chi connectivity index (χ2v) is 3.04. The molecule has 0 aliphatic rings. The van der Waals surface area contributed by atoms with E-state index in [0.29, 0.717) is 5.69 Å². The second-order valence-electron chi connectivity index (χ2n) is 3.04. The number of hydrogen-bond acceptors (Lipinski definition) is 3. The molecule has 2 rings (SSSR count). The van der Waals surface area contributed by atoms with Crippen molar-refractivity contribution in [3.05, 3.63) is 46.9 Å². The highest BCUT2D eigenvalue weighted by molar-refractivity contribution is 5.95. The van der Waals surface area contributed by atoms with Gasteiger partial charge in [-0.25, -0.2) is 0 Å². The zero-order chi connectivity index (χ0) is 9.97. The highest BCUT2D eigenvalue weighted by Gasteiger charge is 2.04. The molecule has 0 unspecified atom stereocenters. The van der Waals surface area contributed by atoms with Gasteiger partial charge in [-0.15, -0.1) is 4.91 Å². The number of aliphatic hydroxyl groups is 1. The summed E-state index contributed by atoms with van der Waals surface area (Å²) in [6.07, 6.45) is 0. The SMILES string of the molecule is O=Nc1cccc2cccc(CO)c12. The lowest BCUT2D eigenvalue weighted by Gasteiger charge is -2.04. The molecule has 0 fully saturated rings. The topological polar surface area (TPSA) is 49.7 Å². The van der Waals surface area contributed by atoms with Gasteiger partial charge in [0.1, 0.15) is 5.69 Å². The molecule has 0 atom stereocenters. The third-order valence-corrected chi connectivity index (χ3v) is 2.24. The molecule has 0 aliphatic carbocycles. The summed E-state index contributed by atoms with van der Waals surface area (Å²) in [4.78, 5) is 10.6. The summed E-state index contributed by atoms with van der Waals surface area (Å²) in [5.41, 5.74) is 1.12. The fourth-order valence-corrected chi connectivity index (χ4v) is 1.61. The number of nitroso groups, excluding NO2 is 1. The minimum Gasteiger partial charge on any atom is -0.392 e. The molecule has 14 heavy (non-hydrogen) atoms. The molecule has 0 heterocycles. The van der Waals surface area contributed by atoms with E-state index in [1.165, 1.54) is 0 Å². The molecule has 3 nitrogen and oxygen atoms in total. The lowest BCUT2D eigenvalue weighted by atomic mass is 10.0. The van der Waals surface area contributed by atoms with Crippen LogP contribution < -0.4 is 0 Å². The van der Waals surface area contributed by atoms with Crippen molar-refractivity contribution in [2.24, 2.45) is 5.18 Å². The minimum atomic E-state index is -0.0795. The van der Waals surface area contributed by atoms with Crippen molar-refractivity contribution in [1.29, 1.82) is 0 Å². The molecule has 0 spiro atoms. The predicted octanol–water partition coefficient (Wildman–Crippen LogP) is 2.73. The molecule has 0 amide bonds. The van der Waals surface area contributed by atoms with Gasteiger partial charge in [0.05, 0.1) is 6.61 Å². The van der Waals surface area contributed by atoms with Gasteiger partial charge in [-0.1, -0.05) is 30.3 Å². The Labute approximate surface area is 81.0 Å². The zero-order valence-electron chi connectivity index (χ0n) is 7.47. The van der Waals surface area contributed by atoms with Gasteiger partial charge in [-0.3, -0.25) is 0 Å². The van der Waals surface area contributed by atoms with Crippen LogP contribution in [-0.4, -0.2) is 5.11 Å². The molecule has 0 bridgehead atoms. The second kappa shape index (κ2) is 3.55. The van der Waals surface area contributed by atoms with Gasteiger partial charge in [0.2, 0.25) is 0 Å². The summed E-state index contributed by atoms with van der Waals surface area (Å²) in [7, 11) is 0. The molecule has 0 radical (unpaired) electrons. The van der Waals surface area contributed by atoms with Gasteiger partial charge in [-0.05, 0) is 22.2 Å². The third-order valence-electron chi connectivity index (χ3n) is 2.24. The third kappa shape index (κ3) is 1.28. The van der Waals surface area contributed by atoms with Crippen LogP contribution in [0.15, 0.2) is 41.6 Å². The Morgan fingerprint density at radius 2 is 1.86 bits per heavy atom. The van der Waals surface area contributed by atoms with Gasteiger partial charge in [0.25, 0.3) is 0 Å². The number of rotatable bonds is 2. The Hall–Kier alpha value is -1.74. The van der Waals surface area contributed by atoms with E-state index < -0.39 is 0 Å². The van der Waals surface area contributed by atoms with Crippen LogP contribution in [0, 0.1) is 4.91 Å². The predicted molar refractivity (Wildman–Crippen MR) is 55.3 cm³/mol. The first-order valence-corrected chi connectivity index (χ1v) is 4.31. The normalized spacial score (nSPS) is 10.4. The molecule has 0 aliphatic heterocycles. The monoisotopic (exact) mass is 187 g/mol. The van der Waals surface area contributed by atoms with E-state index in [-0.39, 0.29) is 6.61 Å². The standard InChI is InChI=1S/C11H9NO2/c13-7-9-5-1-3-8-4-2-6-10(12-14)11(8)9/h1-6,13H,7H2. The molecule has 70 valence electrons. The van der Waals surface area contributed by atoms with E-state index in [1.54, 1.807) is 18.2 Å². The number of fused-ring (bicyclic) bond motifs is 1. The van der Waals surface area contributed by atoms with Gasteiger partial charge in [0.15, 0.2) is 0 Å². The van der Waals surface area contributed by atoms with E-state index in [9.17, 15) is 4.91 Å². The van der Waals surface area contributed by atoms with E-state index in [4.69, 9.17) is 5.11 Å². The Morgan fingerprint density at radius 1 is 1.14 bits per heavy atom. The van der Waals surface area contributed by atoms with Gasteiger partial charge in [0, 0.05) is 5.39 Å². The minimum absolute atomic E-state index is 0.0795. The maximum atomic E-state index is 10.6. The van der Waals surface area contributed by atoms with E-state index in [1.807, 2.05) is 18.2 Å². The lowest BCUT2D eigenvalue weighted by molar-refractivity contribution is 0.283. The lowest BCUT2D eigenvalue weighted by Crippen LogP contribution is -1.85. The van der Waals surface area contributed by atoms with Crippen LogP contribution in [0.1, 0.15) is 5.56 Å². The van der Waals surface area contributed by atoms with Crippen molar-refractivity contribution in [2.45, 2.75) is 6.61 Å². The van der Waals surface area contributed by atoms with E-state index in [2.05, 4.69) is 5.18 Å². The van der Waals surface area contributed by atoms with Crippen LogP contribution >= 0.6 is 0 Å². The quantitative estimate of drug-likeness (QED) is 0.735. The van der Waals surface area contributed by atoms with E-state index in [0.717, 1.165) is 16.3 Å². The summed E-state index contributed by atoms with van der Waals surface area (Å²) in [5, 5.41) is 13.7. The summed E-state index contributed by atoms with van der Waals surface area (Å²) in [6.45, 7) is -0.0795. The zero-order valence-corrected chi connectivity index (χ0v) is 7.47. The molecule has 2 aromatic carbocycles. The Kier molecular flexibility index (Phi) is 2.24. The molecule has 0 aromatic heterocycles. The van der Waals surface area contributed by atoms with Crippen LogP contribution in [0.4, 0.5) is 5.69 Å². The first kappa shape index (κ1) is 8.84. The maximum absolute atomic E-state index is 10.6. The fourth-order valence-electron chi connectivity index (χ4n) is 1.61. The van der Waals surface area contributed by atoms with Crippen molar-refractivity contribution in [2.75, 3.05) is 0 Å². The smallest absolute Gasteiger partial charge is 0.116 e. The summed E-state index contributed by atoms with van der Waals surface area (Å²) in [6, 6.07) is 10.8.